The highest BCUT2D eigenvalue weighted by Crippen LogP contribution is 2.35. The summed E-state index contributed by atoms with van der Waals surface area (Å²) in [4.78, 5) is 25.6. The van der Waals surface area contributed by atoms with Crippen molar-refractivity contribution in [2.24, 2.45) is 0 Å². The largest absolute Gasteiger partial charge is 0.351 e. The fourth-order valence-electron chi connectivity index (χ4n) is 2.49. The minimum Gasteiger partial charge on any atom is -0.351 e. The van der Waals surface area contributed by atoms with Gasteiger partial charge in [0.2, 0.25) is 5.56 Å². The summed E-state index contributed by atoms with van der Waals surface area (Å²) in [7, 11) is 0. The molecule has 21 heavy (non-hydrogen) atoms. The molecule has 2 heterocycles. The van der Waals surface area contributed by atoms with Gasteiger partial charge in [-0.05, 0) is 29.4 Å². The second-order valence-electron chi connectivity index (χ2n) is 4.96. The first kappa shape index (κ1) is 13.9. The summed E-state index contributed by atoms with van der Waals surface area (Å²) < 4.78 is 0. The molecule has 0 unspecified atom stereocenters. The Morgan fingerprint density at radius 3 is 2.95 bits per heavy atom. The molecule has 3 rings (SSSR count). The van der Waals surface area contributed by atoms with Crippen molar-refractivity contribution in [1.82, 2.24) is 10.3 Å². The number of rotatable bonds is 3. The summed E-state index contributed by atoms with van der Waals surface area (Å²) >= 11 is 1.87. The molecule has 0 aliphatic carbocycles. The van der Waals surface area contributed by atoms with Crippen LogP contribution in [-0.4, -0.2) is 23.2 Å². The predicted molar refractivity (Wildman–Crippen MR) is 84.7 cm³/mol. The minimum absolute atomic E-state index is 0.157. The molecule has 2 aromatic rings. The van der Waals surface area contributed by atoms with Crippen molar-refractivity contribution in [1.29, 1.82) is 0 Å². The SMILES string of the molecule is O=C(NC[C@@H]1SCCc2ccccc21)c1ccc(=O)[nH]c1. The molecular formula is C16H16N2O2S. The number of carbonyl (C=O) groups is 1. The molecule has 0 fully saturated rings. The first-order valence-electron chi connectivity index (χ1n) is 6.90. The smallest absolute Gasteiger partial charge is 0.252 e. The lowest BCUT2D eigenvalue weighted by Crippen LogP contribution is -2.29. The molecule has 0 saturated carbocycles. The van der Waals surface area contributed by atoms with E-state index in [0.717, 1.165) is 12.2 Å². The Morgan fingerprint density at radius 2 is 2.14 bits per heavy atom. The molecule has 0 saturated heterocycles. The van der Waals surface area contributed by atoms with E-state index in [9.17, 15) is 9.59 Å². The number of aromatic nitrogens is 1. The summed E-state index contributed by atoms with van der Waals surface area (Å²) in [6, 6.07) is 11.3. The van der Waals surface area contributed by atoms with Crippen LogP contribution < -0.4 is 10.9 Å². The van der Waals surface area contributed by atoms with Crippen molar-refractivity contribution >= 4 is 17.7 Å². The second kappa shape index (κ2) is 6.18. The molecule has 5 heteroatoms. The fraction of sp³-hybridized carbons (Fsp3) is 0.250. The van der Waals surface area contributed by atoms with Gasteiger partial charge < -0.3 is 10.3 Å². The maximum Gasteiger partial charge on any atom is 0.252 e. The standard InChI is InChI=1S/C16H16N2O2S/c19-15-6-5-12(9-17-15)16(20)18-10-14-13-4-2-1-3-11(13)7-8-21-14/h1-6,9,14H,7-8,10H2,(H,17,19)(H,18,20)/t14-/m0/s1. The van der Waals surface area contributed by atoms with Crippen LogP contribution in [0.5, 0.6) is 0 Å². The van der Waals surface area contributed by atoms with Gasteiger partial charge >= 0.3 is 0 Å². The summed E-state index contributed by atoms with van der Waals surface area (Å²) in [5.74, 6) is 0.922. The number of carbonyl (C=O) groups excluding carboxylic acids is 1. The van der Waals surface area contributed by atoms with Gasteiger partial charge in [0.25, 0.3) is 5.91 Å². The Kier molecular flexibility index (Phi) is 4.10. The Hall–Kier alpha value is -2.01. The number of nitrogens with one attached hydrogen (secondary N) is 2. The summed E-state index contributed by atoms with van der Waals surface area (Å²) in [6.07, 6.45) is 2.53. The number of aromatic amines is 1. The Morgan fingerprint density at radius 1 is 1.29 bits per heavy atom. The normalized spacial score (nSPS) is 17.0. The monoisotopic (exact) mass is 300 g/mol. The van der Waals surface area contributed by atoms with Crippen molar-refractivity contribution in [3.05, 3.63) is 69.6 Å². The van der Waals surface area contributed by atoms with Crippen molar-refractivity contribution in [2.75, 3.05) is 12.3 Å². The van der Waals surface area contributed by atoms with Gasteiger partial charge in [-0.3, -0.25) is 9.59 Å². The fourth-order valence-corrected chi connectivity index (χ4v) is 3.72. The van der Waals surface area contributed by atoms with Crippen LogP contribution in [0.1, 0.15) is 26.7 Å². The molecule has 0 radical (unpaired) electrons. The summed E-state index contributed by atoms with van der Waals surface area (Å²) in [5.41, 5.74) is 2.96. The Balaban J connectivity index is 1.67. The van der Waals surface area contributed by atoms with Crippen LogP contribution in [-0.2, 0) is 6.42 Å². The van der Waals surface area contributed by atoms with Crippen molar-refractivity contribution in [2.45, 2.75) is 11.7 Å². The van der Waals surface area contributed by atoms with Crippen molar-refractivity contribution in [3.63, 3.8) is 0 Å². The van der Waals surface area contributed by atoms with Crippen molar-refractivity contribution < 1.29 is 4.79 Å². The molecule has 1 aliphatic rings. The third-order valence-electron chi connectivity index (χ3n) is 3.59. The number of H-pyrrole nitrogens is 1. The van der Waals surface area contributed by atoms with Crippen molar-refractivity contribution in [3.8, 4) is 0 Å². The highest BCUT2D eigenvalue weighted by molar-refractivity contribution is 7.99. The second-order valence-corrected chi connectivity index (χ2v) is 6.27. The minimum atomic E-state index is -0.205. The first-order valence-corrected chi connectivity index (χ1v) is 7.95. The number of benzene rings is 1. The van der Waals surface area contributed by atoms with E-state index in [1.807, 2.05) is 17.8 Å². The lowest BCUT2D eigenvalue weighted by Gasteiger charge is -2.25. The average molecular weight is 300 g/mol. The molecule has 1 atom stereocenters. The highest BCUT2D eigenvalue weighted by Gasteiger charge is 2.20. The van der Waals surface area contributed by atoms with Crippen LogP contribution in [0.3, 0.4) is 0 Å². The first-order chi connectivity index (χ1) is 10.2. The lowest BCUT2D eigenvalue weighted by atomic mass is 10.0. The number of thioether (sulfide) groups is 1. The van der Waals surface area contributed by atoms with Crippen LogP contribution in [0.25, 0.3) is 0 Å². The zero-order chi connectivity index (χ0) is 14.7. The zero-order valence-electron chi connectivity index (χ0n) is 11.5. The Labute approximate surface area is 127 Å². The van der Waals surface area contributed by atoms with Gasteiger partial charge in [-0.25, -0.2) is 0 Å². The summed E-state index contributed by atoms with van der Waals surface area (Å²) in [6.45, 7) is 0.597. The molecule has 1 amide bonds. The number of hydrogen-bond donors (Lipinski definition) is 2. The van der Waals surface area contributed by atoms with Gasteiger partial charge in [-0.1, -0.05) is 24.3 Å². The predicted octanol–water partition coefficient (Wildman–Crippen LogP) is 2.14. The van der Waals surface area contributed by atoms with E-state index in [2.05, 4.69) is 28.5 Å². The molecule has 108 valence electrons. The number of aryl methyl sites for hydroxylation is 1. The van der Waals surface area contributed by atoms with Gasteiger partial charge in [-0.2, -0.15) is 11.8 Å². The average Bonchev–Trinajstić information content (AvgIpc) is 2.53. The Bertz CT molecular complexity index is 691. The maximum atomic E-state index is 12.1. The molecule has 0 spiro atoms. The van der Waals surface area contributed by atoms with Crippen LogP contribution in [0, 0.1) is 0 Å². The topological polar surface area (TPSA) is 62.0 Å². The molecule has 0 bridgehead atoms. The van der Waals surface area contributed by atoms with Gasteiger partial charge in [-0.15, -0.1) is 0 Å². The van der Waals surface area contributed by atoms with E-state index in [1.54, 1.807) is 0 Å². The third kappa shape index (κ3) is 3.19. The van der Waals surface area contributed by atoms with Gasteiger partial charge in [0.15, 0.2) is 0 Å². The molecule has 4 nitrogen and oxygen atoms in total. The van der Waals surface area contributed by atoms with Gasteiger partial charge in [0, 0.05) is 24.1 Å². The lowest BCUT2D eigenvalue weighted by molar-refractivity contribution is 0.0953. The van der Waals surface area contributed by atoms with E-state index < -0.39 is 0 Å². The van der Waals surface area contributed by atoms with Gasteiger partial charge in [0.05, 0.1) is 5.56 Å². The zero-order valence-corrected chi connectivity index (χ0v) is 12.3. The van der Waals surface area contributed by atoms with Crippen LogP contribution >= 0.6 is 11.8 Å². The number of amides is 1. The maximum absolute atomic E-state index is 12.1. The van der Waals surface area contributed by atoms with E-state index >= 15 is 0 Å². The molecule has 2 N–H and O–H groups in total. The number of pyridine rings is 1. The van der Waals surface area contributed by atoms with Crippen LogP contribution in [0.15, 0.2) is 47.4 Å². The molecule has 1 aromatic carbocycles. The highest BCUT2D eigenvalue weighted by atomic mass is 32.2. The third-order valence-corrected chi connectivity index (χ3v) is 4.85. The van der Waals surface area contributed by atoms with E-state index in [4.69, 9.17) is 0 Å². The number of fused-ring (bicyclic) bond motifs is 1. The quantitative estimate of drug-likeness (QED) is 0.913. The molecule has 1 aliphatic heterocycles. The van der Waals surface area contributed by atoms with Crippen LogP contribution in [0.2, 0.25) is 0 Å². The van der Waals surface area contributed by atoms with Crippen LogP contribution in [0.4, 0.5) is 0 Å². The number of hydrogen-bond acceptors (Lipinski definition) is 3. The molecule has 1 aromatic heterocycles. The van der Waals surface area contributed by atoms with E-state index in [0.29, 0.717) is 17.4 Å². The van der Waals surface area contributed by atoms with E-state index in [-0.39, 0.29) is 11.5 Å². The molecular weight excluding hydrogens is 284 g/mol. The van der Waals surface area contributed by atoms with E-state index in [1.165, 1.54) is 29.5 Å². The van der Waals surface area contributed by atoms with Gasteiger partial charge in [0.1, 0.15) is 0 Å². The summed E-state index contributed by atoms with van der Waals surface area (Å²) in [5, 5.41) is 3.24.